The van der Waals surface area contributed by atoms with Crippen LogP contribution in [0.2, 0.25) is 0 Å². The summed E-state index contributed by atoms with van der Waals surface area (Å²) >= 11 is 0. The Kier molecular flexibility index (Phi) is 6.28. The smallest absolute Gasteiger partial charge is 0.344 e. The molecule has 0 aliphatic heterocycles. The molecule has 0 spiro atoms. The lowest BCUT2D eigenvalue weighted by Gasteiger charge is -2.36. The van der Waals surface area contributed by atoms with Crippen LogP contribution >= 0.6 is 0 Å². The van der Waals surface area contributed by atoms with Crippen molar-refractivity contribution in [2.45, 2.75) is 46.1 Å². The fraction of sp³-hybridized carbons (Fsp3) is 0.579. The number of ether oxygens (including phenoxy) is 2. The van der Waals surface area contributed by atoms with E-state index in [1.165, 1.54) is 18.2 Å². The van der Waals surface area contributed by atoms with Crippen molar-refractivity contribution in [2.75, 3.05) is 12.3 Å². The van der Waals surface area contributed by atoms with Crippen molar-refractivity contribution < 1.29 is 24.2 Å². The zero-order chi connectivity index (χ0) is 18.6. The first-order valence-corrected chi connectivity index (χ1v) is 8.73. The highest BCUT2D eigenvalue weighted by Crippen LogP contribution is 2.35. The van der Waals surface area contributed by atoms with Gasteiger partial charge in [-0.15, -0.1) is 0 Å². The summed E-state index contributed by atoms with van der Waals surface area (Å²) < 4.78 is 10.6. The Morgan fingerprint density at radius 1 is 1.32 bits per heavy atom. The van der Waals surface area contributed by atoms with E-state index < -0.39 is 18.5 Å². The maximum atomic E-state index is 12.1. The highest BCUT2D eigenvalue weighted by atomic mass is 16.6. The third-order valence-corrected chi connectivity index (χ3v) is 4.82. The van der Waals surface area contributed by atoms with Crippen LogP contribution in [0, 0.1) is 17.8 Å². The summed E-state index contributed by atoms with van der Waals surface area (Å²) in [5.41, 5.74) is 5.89. The summed E-state index contributed by atoms with van der Waals surface area (Å²) in [6, 6.07) is 3.98. The molecular formula is C19H27NO5. The molecule has 1 aromatic rings. The molecule has 138 valence electrons. The molecule has 1 saturated carbocycles. The van der Waals surface area contributed by atoms with Gasteiger partial charge in [0, 0.05) is 5.69 Å². The normalized spacial score (nSPS) is 23.3. The van der Waals surface area contributed by atoms with E-state index in [-0.39, 0.29) is 23.1 Å². The van der Waals surface area contributed by atoms with Crippen molar-refractivity contribution in [1.29, 1.82) is 0 Å². The summed E-state index contributed by atoms with van der Waals surface area (Å²) in [7, 11) is 0. The standard InChI is InChI=1S/C19H27NO5/c1-11(2)14-6-4-12(3)8-17(14)25-18(22)10-24-19(23)15-9-13(21)5-7-16(15)20/h5,7,9,11-12,14,17,21H,4,6,8,10,20H2,1-3H3/t12-,14+,17-/m0/s1. The SMILES string of the molecule is CC(C)[C@H]1CC[C@H](C)C[C@@H]1OC(=O)COC(=O)c1cc(O)ccc1N. The average Bonchev–Trinajstić information content (AvgIpc) is 2.54. The van der Waals surface area contributed by atoms with Gasteiger partial charge in [-0.2, -0.15) is 0 Å². The number of aromatic hydroxyl groups is 1. The van der Waals surface area contributed by atoms with Crippen LogP contribution < -0.4 is 5.73 Å². The van der Waals surface area contributed by atoms with Gasteiger partial charge in [0.05, 0.1) is 5.56 Å². The van der Waals surface area contributed by atoms with Gasteiger partial charge in [0.15, 0.2) is 6.61 Å². The van der Waals surface area contributed by atoms with Crippen LogP contribution in [0.3, 0.4) is 0 Å². The first kappa shape index (κ1) is 19.1. The number of esters is 2. The van der Waals surface area contributed by atoms with E-state index in [9.17, 15) is 14.7 Å². The average molecular weight is 349 g/mol. The lowest BCUT2D eigenvalue weighted by Crippen LogP contribution is -2.36. The quantitative estimate of drug-likeness (QED) is 0.481. The third-order valence-electron chi connectivity index (χ3n) is 4.82. The van der Waals surface area contributed by atoms with Crippen LogP contribution in [0.4, 0.5) is 5.69 Å². The maximum absolute atomic E-state index is 12.1. The van der Waals surface area contributed by atoms with Gasteiger partial charge in [-0.05, 0) is 48.8 Å². The molecular weight excluding hydrogens is 322 g/mol. The van der Waals surface area contributed by atoms with E-state index >= 15 is 0 Å². The number of rotatable bonds is 5. The Morgan fingerprint density at radius 2 is 2.04 bits per heavy atom. The molecule has 6 heteroatoms. The van der Waals surface area contributed by atoms with Crippen molar-refractivity contribution in [3.05, 3.63) is 23.8 Å². The second-order valence-corrected chi connectivity index (χ2v) is 7.20. The number of anilines is 1. The molecule has 0 bridgehead atoms. The van der Waals surface area contributed by atoms with Gasteiger partial charge in [0.2, 0.25) is 0 Å². The predicted octanol–water partition coefficient (Wildman–Crippen LogP) is 3.14. The number of hydrogen-bond donors (Lipinski definition) is 2. The highest BCUT2D eigenvalue weighted by Gasteiger charge is 2.33. The maximum Gasteiger partial charge on any atom is 0.344 e. The van der Waals surface area contributed by atoms with Gasteiger partial charge in [-0.1, -0.05) is 27.2 Å². The van der Waals surface area contributed by atoms with E-state index in [1.54, 1.807) is 0 Å². The lowest BCUT2D eigenvalue weighted by molar-refractivity contribution is -0.159. The van der Waals surface area contributed by atoms with Crippen LogP contribution in [-0.4, -0.2) is 29.8 Å². The monoisotopic (exact) mass is 349 g/mol. The first-order valence-electron chi connectivity index (χ1n) is 8.73. The summed E-state index contributed by atoms with van der Waals surface area (Å²) in [5.74, 6) is -0.140. The van der Waals surface area contributed by atoms with E-state index in [2.05, 4.69) is 20.8 Å². The van der Waals surface area contributed by atoms with E-state index in [1.807, 2.05) is 0 Å². The zero-order valence-corrected chi connectivity index (χ0v) is 15.0. The Hall–Kier alpha value is -2.24. The number of benzene rings is 1. The molecule has 1 aliphatic carbocycles. The Labute approximate surface area is 148 Å². The molecule has 3 atom stereocenters. The van der Waals surface area contributed by atoms with Gasteiger partial charge >= 0.3 is 11.9 Å². The number of phenolic OH excluding ortho intramolecular Hbond substituents is 1. The number of nitrogens with two attached hydrogens (primary N) is 1. The summed E-state index contributed by atoms with van der Waals surface area (Å²) in [6.07, 6.45) is 2.88. The molecule has 1 aromatic carbocycles. The molecule has 1 fully saturated rings. The third kappa shape index (κ3) is 5.11. The molecule has 25 heavy (non-hydrogen) atoms. The molecule has 0 aromatic heterocycles. The zero-order valence-electron chi connectivity index (χ0n) is 15.0. The van der Waals surface area contributed by atoms with E-state index in [0.717, 1.165) is 19.3 Å². The lowest BCUT2D eigenvalue weighted by atomic mass is 9.75. The van der Waals surface area contributed by atoms with Gasteiger partial charge in [0.25, 0.3) is 0 Å². The molecule has 0 amide bonds. The van der Waals surface area contributed by atoms with Crippen molar-refractivity contribution >= 4 is 17.6 Å². The minimum Gasteiger partial charge on any atom is -0.508 e. The van der Waals surface area contributed by atoms with Crippen LogP contribution in [-0.2, 0) is 14.3 Å². The predicted molar refractivity (Wildman–Crippen MR) is 94.0 cm³/mol. The van der Waals surface area contributed by atoms with Crippen LogP contribution in [0.15, 0.2) is 18.2 Å². The van der Waals surface area contributed by atoms with Gasteiger partial charge in [-0.3, -0.25) is 0 Å². The van der Waals surface area contributed by atoms with Gasteiger partial charge in [0.1, 0.15) is 11.9 Å². The van der Waals surface area contributed by atoms with Crippen molar-refractivity contribution in [3.63, 3.8) is 0 Å². The Bertz CT molecular complexity index is 628. The van der Waals surface area contributed by atoms with Crippen LogP contribution in [0.5, 0.6) is 5.75 Å². The Morgan fingerprint density at radius 3 is 2.72 bits per heavy atom. The number of hydrogen-bond acceptors (Lipinski definition) is 6. The molecule has 1 aliphatic rings. The highest BCUT2D eigenvalue weighted by molar-refractivity contribution is 5.96. The molecule has 0 unspecified atom stereocenters. The van der Waals surface area contributed by atoms with Crippen LogP contribution in [0.1, 0.15) is 50.4 Å². The van der Waals surface area contributed by atoms with Crippen molar-refractivity contribution in [1.82, 2.24) is 0 Å². The van der Waals surface area contributed by atoms with Gasteiger partial charge < -0.3 is 20.3 Å². The van der Waals surface area contributed by atoms with E-state index in [4.69, 9.17) is 15.2 Å². The fourth-order valence-corrected chi connectivity index (χ4v) is 3.38. The molecule has 0 radical (unpaired) electrons. The number of nitrogen functional groups attached to an aromatic ring is 1. The summed E-state index contributed by atoms with van der Waals surface area (Å²) in [4.78, 5) is 24.1. The Balaban J connectivity index is 1.91. The molecule has 0 heterocycles. The number of carbonyl (C=O) groups is 2. The first-order chi connectivity index (χ1) is 11.8. The molecule has 0 saturated heterocycles. The number of carbonyl (C=O) groups excluding carboxylic acids is 2. The summed E-state index contributed by atoms with van der Waals surface area (Å²) in [5, 5.41) is 9.43. The van der Waals surface area contributed by atoms with Crippen molar-refractivity contribution in [3.8, 4) is 5.75 Å². The summed E-state index contributed by atoms with van der Waals surface area (Å²) in [6.45, 7) is 5.95. The van der Waals surface area contributed by atoms with E-state index in [0.29, 0.717) is 17.8 Å². The second-order valence-electron chi connectivity index (χ2n) is 7.20. The minimum atomic E-state index is -0.761. The minimum absolute atomic E-state index is 0.0270. The largest absolute Gasteiger partial charge is 0.508 e. The fourth-order valence-electron chi connectivity index (χ4n) is 3.38. The van der Waals surface area contributed by atoms with Crippen LogP contribution in [0.25, 0.3) is 0 Å². The van der Waals surface area contributed by atoms with Crippen molar-refractivity contribution in [2.24, 2.45) is 17.8 Å². The topological polar surface area (TPSA) is 98.8 Å². The second kappa shape index (κ2) is 8.23. The van der Waals surface area contributed by atoms with Gasteiger partial charge in [-0.25, -0.2) is 9.59 Å². The molecule has 6 nitrogen and oxygen atoms in total. The molecule has 2 rings (SSSR count). The number of phenols is 1. The molecule has 3 N–H and O–H groups in total.